The predicted octanol–water partition coefficient (Wildman–Crippen LogP) is 0.600. The minimum Gasteiger partial charge on any atom is -0.359 e. The number of carbonyl (C=O) groups is 2. The molecule has 0 spiro atoms. The number of nitrogens with zero attached hydrogens (tertiary/aromatic N) is 1. The molecule has 1 rings (SSSR count). The van der Waals surface area contributed by atoms with Crippen molar-refractivity contribution in [2.24, 2.45) is 5.92 Å². The summed E-state index contributed by atoms with van der Waals surface area (Å²) < 4.78 is 0. The number of likely N-dealkylation sites (tertiary alicyclic amines) is 1. The summed E-state index contributed by atoms with van der Waals surface area (Å²) >= 11 is 5.52. The lowest BCUT2D eigenvalue weighted by Crippen LogP contribution is -2.44. The van der Waals surface area contributed by atoms with Crippen molar-refractivity contribution in [1.29, 1.82) is 0 Å². The molecule has 15 heavy (non-hydrogen) atoms. The first-order valence-electron chi connectivity index (χ1n) is 5.24. The predicted molar refractivity (Wildman–Crippen MR) is 58.7 cm³/mol. The summed E-state index contributed by atoms with van der Waals surface area (Å²) in [5.74, 6) is 0.375. The van der Waals surface area contributed by atoms with Crippen molar-refractivity contribution in [1.82, 2.24) is 10.2 Å². The maximum atomic E-state index is 11.6. The van der Waals surface area contributed by atoms with Crippen LogP contribution >= 0.6 is 11.6 Å². The molecular formula is C10H17ClN2O2. The lowest BCUT2D eigenvalue weighted by atomic mass is 9.97. The quantitative estimate of drug-likeness (QED) is 0.725. The Morgan fingerprint density at radius 2 is 2.27 bits per heavy atom. The van der Waals surface area contributed by atoms with E-state index in [1.165, 1.54) is 0 Å². The van der Waals surface area contributed by atoms with Gasteiger partial charge in [0.1, 0.15) is 0 Å². The van der Waals surface area contributed by atoms with E-state index in [-0.39, 0.29) is 17.7 Å². The van der Waals surface area contributed by atoms with E-state index in [1.54, 1.807) is 11.9 Å². The van der Waals surface area contributed by atoms with Crippen molar-refractivity contribution < 1.29 is 9.59 Å². The van der Waals surface area contributed by atoms with Crippen molar-refractivity contribution in [3.8, 4) is 0 Å². The highest BCUT2D eigenvalue weighted by atomic mass is 35.5. The van der Waals surface area contributed by atoms with Crippen LogP contribution in [0.15, 0.2) is 0 Å². The SMILES string of the molecule is CNC(=O)C1CCCN(C(=O)CCCl)C1. The van der Waals surface area contributed by atoms with Crippen LogP contribution in [-0.4, -0.2) is 42.7 Å². The van der Waals surface area contributed by atoms with E-state index >= 15 is 0 Å². The molecule has 1 fully saturated rings. The zero-order valence-electron chi connectivity index (χ0n) is 8.96. The van der Waals surface area contributed by atoms with Gasteiger partial charge in [0.05, 0.1) is 5.92 Å². The number of halogens is 1. The van der Waals surface area contributed by atoms with Gasteiger partial charge in [-0.3, -0.25) is 9.59 Å². The number of amides is 2. The molecule has 0 radical (unpaired) electrons. The van der Waals surface area contributed by atoms with E-state index in [0.717, 1.165) is 19.4 Å². The molecule has 1 aliphatic rings. The highest BCUT2D eigenvalue weighted by Gasteiger charge is 2.27. The highest BCUT2D eigenvalue weighted by molar-refractivity contribution is 6.18. The molecule has 0 bridgehead atoms. The molecule has 86 valence electrons. The van der Waals surface area contributed by atoms with Gasteiger partial charge < -0.3 is 10.2 Å². The number of piperidine rings is 1. The molecule has 0 saturated carbocycles. The third-order valence-electron chi connectivity index (χ3n) is 2.70. The van der Waals surface area contributed by atoms with Gasteiger partial charge in [-0.15, -0.1) is 11.6 Å². The van der Waals surface area contributed by atoms with E-state index in [9.17, 15) is 9.59 Å². The van der Waals surface area contributed by atoms with Crippen LogP contribution in [0.3, 0.4) is 0 Å². The van der Waals surface area contributed by atoms with Gasteiger partial charge in [-0.25, -0.2) is 0 Å². The fourth-order valence-corrected chi connectivity index (χ4v) is 2.02. The van der Waals surface area contributed by atoms with Crippen molar-refractivity contribution >= 4 is 23.4 Å². The van der Waals surface area contributed by atoms with Crippen LogP contribution in [0.4, 0.5) is 0 Å². The summed E-state index contributed by atoms with van der Waals surface area (Å²) in [4.78, 5) is 24.7. The van der Waals surface area contributed by atoms with Crippen molar-refractivity contribution in [2.75, 3.05) is 26.0 Å². The van der Waals surface area contributed by atoms with Gasteiger partial charge >= 0.3 is 0 Å². The molecule has 1 unspecified atom stereocenters. The van der Waals surface area contributed by atoms with Gasteiger partial charge in [-0.1, -0.05) is 0 Å². The second-order valence-electron chi connectivity index (χ2n) is 3.73. The zero-order valence-corrected chi connectivity index (χ0v) is 9.72. The molecule has 1 aliphatic heterocycles. The van der Waals surface area contributed by atoms with E-state index in [2.05, 4.69) is 5.32 Å². The first kappa shape index (κ1) is 12.3. The van der Waals surface area contributed by atoms with Crippen molar-refractivity contribution in [3.63, 3.8) is 0 Å². The third kappa shape index (κ3) is 3.38. The molecule has 1 saturated heterocycles. The Hall–Kier alpha value is -0.770. The second kappa shape index (κ2) is 5.95. The molecule has 1 N–H and O–H groups in total. The van der Waals surface area contributed by atoms with Gasteiger partial charge in [0.25, 0.3) is 0 Å². The molecule has 0 aliphatic carbocycles. The third-order valence-corrected chi connectivity index (χ3v) is 2.89. The maximum absolute atomic E-state index is 11.6. The van der Waals surface area contributed by atoms with Crippen LogP contribution in [0.1, 0.15) is 19.3 Å². The Morgan fingerprint density at radius 3 is 2.87 bits per heavy atom. The summed E-state index contributed by atoms with van der Waals surface area (Å²) in [5, 5.41) is 2.62. The first-order chi connectivity index (χ1) is 7.19. The summed E-state index contributed by atoms with van der Waals surface area (Å²) in [6.45, 7) is 1.29. The summed E-state index contributed by atoms with van der Waals surface area (Å²) in [6, 6.07) is 0. The number of hydrogen-bond acceptors (Lipinski definition) is 2. The smallest absolute Gasteiger partial charge is 0.224 e. The normalized spacial score (nSPS) is 21.2. The number of hydrogen-bond donors (Lipinski definition) is 1. The topological polar surface area (TPSA) is 49.4 Å². The molecule has 5 heteroatoms. The van der Waals surface area contributed by atoms with Crippen molar-refractivity contribution in [3.05, 3.63) is 0 Å². The fourth-order valence-electron chi connectivity index (χ4n) is 1.86. The number of nitrogens with one attached hydrogen (secondary N) is 1. The number of carbonyl (C=O) groups excluding carboxylic acids is 2. The zero-order chi connectivity index (χ0) is 11.3. The number of rotatable bonds is 3. The Labute approximate surface area is 95.0 Å². The first-order valence-corrected chi connectivity index (χ1v) is 5.77. The van der Waals surface area contributed by atoms with Crippen LogP contribution < -0.4 is 5.32 Å². The Bertz CT molecular complexity index is 246. The lowest BCUT2D eigenvalue weighted by molar-refractivity contribution is -0.135. The molecule has 2 amide bonds. The van der Waals surface area contributed by atoms with E-state index in [1.807, 2.05) is 0 Å². The standard InChI is InChI=1S/C10H17ClN2O2/c1-12-10(15)8-3-2-6-13(7-8)9(14)4-5-11/h8H,2-7H2,1H3,(H,12,15). The molecular weight excluding hydrogens is 216 g/mol. The molecule has 1 atom stereocenters. The molecule has 0 aromatic carbocycles. The van der Waals surface area contributed by atoms with E-state index in [4.69, 9.17) is 11.6 Å². The summed E-state index contributed by atoms with van der Waals surface area (Å²) in [7, 11) is 1.63. The van der Waals surface area contributed by atoms with Crippen LogP contribution in [0, 0.1) is 5.92 Å². The molecule has 0 aromatic heterocycles. The largest absolute Gasteiger partial charge is 0.359 e. The average molecular weight is 233 g/mol. The monoisotopic (exact) mass is 232 g/mol. The minimum absolute atomic E-state index is 0.0263. The van der Waals surface area contributed by atoms with Crippen LogP contribution in [0.2, 0.25) is 0 Å². The van der Waals surface area contributed by atoms with Gasteiger partial charge in [-0.05, 0) is 12.8 Å². The Morgan fingerprint density at radius 1 is 1.53 bits per heavy atom. The average Bonchev–Trinajstić information content (AvgIpc) is 2.28. The van der Waals surface area contributed by atoms with E-state index in [0.29, 0.717) is 18.8 Å². The molecule has 1 heterocycles. The minimum atomic E-state index is -0.0528. The van der Waals surface area contributed by atoms with Crippen molar-refractivity contribution in [2.45, 2.75) is 19.3 Å². The Kier molecular flexibility index (Phi) is 4.88. The molecule has 4 nitrogen and oxygen atoms in total. The van der Waals surface area contributed by atoms with Gasteiger partial charge in [-0.2, -0.15) is 0 Å². The van der Waals surface area contributed by atoms with Crippen LogP contribution in [0.5, 0.6) is 0 Å². The van der Waals surface area contributed by atoms with Crippen LogP contribution in [0.25, 0.3) is 0 Å². The van der Waals surface area contributed by atoms with Gasteiger partial charge in [0.2, 0.25) is 11.8 Å². The maximum Gasteiger partial charge on any atom is 0.224 e. The summed E-state index contributed by atoms with van der Waals surface area (Å²) in [5.41, 5.74) is 0. The molecule has 0 aromatic rings. The lowest BCUT2D eigenvalue weighted by Gasteiger charge is -2.31. The van der Waals surface area contributed by atoms with Gasteiger partial charge in [0, 0.05) is 32.4 Å². The summed E-state index contributed by atoms with van der Waals surface area (Å²) in [6.07, 6.45) is 2.12. The highest BCUT2D eigenvalue weighted by Crippen LogP contribution is 2.17. The number of alkyl halides is 1. The van der Waals surface area contributed by atoms with Crippen LogP contribution in [-0.2, 0) is 9.59 Å². The van der Waals surface area contributed by atoms with E-state index < -0.39 is 0 Å². The second-order valence-corrected chi connectivity index (χ2v) is 4.11. The Balaban J connectivity index is 2.48. The fraction of sp³-hybridized carbons (Fsp3) is 0.800. The van der Waals surface area contributed by atoms with Gasteiger partial charge in [0.15, 0.2) is 0 Å².